The van der Waals surface area contributed by atoms with Crippen molar-refractivity contribution in [2.24, 2.45) is 0 Å². The molecule has 0 saturated carbocycles. The molecular formula is C24H20ClFN2O. The van der Waals surface area contributed by atoms with Gasteiger partial charge >= 0.3 is 0 Å². The minimum absolute atomic E-state index is 0.134. The zero-order chi connectivity index (χ0) is 20.2. The first-order valence-electron chi connectivity index (χ1n) is 9.50. The molecule has 146 valence electrons. The third-order valence-corrected chi connectivity index (χ3v) is 5.16. The SMILES string of the molecule is O=C(NCCCc1c[nH]c2ccc(Cl)cc12)c1cccc(-c2cccc(F)c2)c1. The molecular weight excluding hydrogens is 387 g/mol. The summed E-state index contributed by atoms with van der Waals surface area (Å²) in [5, 5.41) is 4.79. The normalized spacial score (nSPS) is 11.0. The fraction of sp³-hybridized carbons (Fsp3) is 0.125. The number of benzene rings is 3. The second-order valence-corrected chi connectivity index (χ2v) is 7.39. The van der Waals surface area contributed by atoms with Gasteiger partial charge in [-0.25, -0.2) is 4.39 Å². The molecule has 0 bridgehead atoms. The second kappa shape index (κ2) is 8.50. The summed E-state index contributed by atoms with van der Waals surface area (Å²) in [4.78, 5) is 15.7. The molecule has 3 aromatic carbocycles. The van der Waals surface area contributed by atoms with Gasteiger partial charge < -0.3 is 10.3 Å². The molecule has 4 aromatic rings. The number of carbonyl (C=O) groups excluding carboxylic acids is 1. The Hall–Kier alpha value is -3.11. The van der Waals surface area contributed by atoms with Crippen molar-refractivity contribution in [3.05, 3.63) is 94.9 Å². The Balaban J connectivity index is 1.36. The summed E-state index contributed by atoms with van der Waals surface area (Å²) in [6.07, 6.45) is 3.64. The zero-order valence-corrected chi connectivity index (χ0v) is 16.5. The summed E-state index contributed by atoms with van der Waals surface area (Å²) in [6.45, 7) is 0.566. The fourth-order valence-electron chi connectivity index (χ4n) is 3.45. The van der Waals surface area contributed by atoms with Crippen molar-refractivity contribution in [1.82, 2.24) is 10.3 Å². The van der Waals surface area contributed by atoms with Gasteiger partial charge in [-0.05, 0) is 72.0 Å². The van der Waals surface area contributed by atoms with Crippen LogP contribution in [0, 0.1) is 5.82 Å². The highest BCUT2D eigenvalue weighted by atomic mass is 35.5. The number of nitrogens with one attached hydrogen (secondary N) is 2. The first-order valence-corrected chi connectivity index (χ1v) is 9.88. The van der Waals surface area contributed by atoms with E-state index in [-0.39, 0.29) is 11.7 Å². The molecule has 4 rings (SSSR count). The number of aromatic amines is 1. The lowest BCUT2D eigenvalue weighted by atomic mass is 10.0. The van der Waals surface area contributed by atoms with Crippen molar-refractivity contribution in [3.63, 3.8) is 0 Å². The third-order valence-electron chi connectivity index (χ3n) is 4.92. The number of aromatic nitrogens is 1. The van der Waals surface area contributed by atoms with Crippen LogP contribution in [0.1, 0.15) is 22.3 Å². The Morgan fingerprint density at radius 2 is 1.79 bits per heavy atom. The predicted octanol–water partition coefficient (Wildman–Crippen LogP) is 5.99. The van der Waals surface area contributed by atoms with Gasteiger partial charge in [-0.15, -0.1) is 0 Å². The lowest BCUT2D eigenvalue weighted by Gasteiger charge is -2.08. The number of hydrogen-bond acceptors (Lipinski definition) is 1. The molecule has 3 nitrogen and oxygen atoms in total. The maximum Gasteiger partial charge on any atom is 0.251 e. The van der Waals surface area contributed by atoms with Gasteiger partial charge in [-0.2, -0.15) is 0 Å². The molecule has 0 aliphatic heterocycles. The topological polar surface area (TPSA) is 44.9 Å². The maximum absolute atomic E-state index is 13.5. The number of aryl methyl sites for hydroxylation is 1. The van der Waals surface area contributed by atoms with E-state index in [0.29, 0.717) is 17.1 Å². The molecule has 0 saturated heterocycles. The molecule has 0 unspecified atom stereocenters. The Bertz CT molecular complexity index is 1170. The minimum atomic E-state index is -0.295. The lowest BCUT2D eigenvalue weighted by Crippen LogP contribution is -2.24. The molecule has 29 heavy (non-hydrogen) atoms. The van der Waals surface area contributed by atoms with Crippen molar-refractivity contribution in [2.75, 3.05) is 6.54 Å². The van der Waals surface area contributed by atoms with E-state index < -0.39 is 0 Å². The largest absolute Gasteiger partial charge is 0.361 e. The molecule has 1 amide bonds. The molecule has 0 aliphatic carbocycles. The number of fused-ring (bicyclic) bond motifs is 1. The average Bonchev–Trinajstić information content (AvgIpc) is 3.13. The van der Waals surface area contributed by atoms with Crippen LogP contribution in [0.5, 0.6) is 0 Å². The van der Waals surface area contributed by atoms with Gasteiger partial charge in [-0.3, -0.25) is 4.79 Å². The van der Waals surface area contributed by atoms with E-state index in [4.69, 9.17) is 11.6 Å². The van der Waals surface area contributed by atoms with E-state index in [1.807, 2.05) is 42.6 Å². The molecule has 0 radical (unpaired) electrons. The number of halogens is 2. The summed E-state index contributed by atoms with van der Waals surface area (Å²) >= 11 is 6.09. The number of amides is 1. The van der Waals surface area contributed by atoms with Gasteiger partial charge in [0.2, 0.25) is 0 Å². The van der Waals surface area contributed by atoms with Gasteiger partial charge in [0.25, 0.3) is 5.91 Å². The number of H-pyrrole nitrogens is 1. The van der Waals surface area contributed by atoms with Crippen LogP contribution in [0.25, 0.3) is 22.0 Å². The highest BCUT2D eigenvalue weighted by molar-refractivity contribution is 6.31. The third kappa shape index (κ3) is 4.49. The van der Waals surface area contributed by atoms with Crippen molar-refractivity contribution in [3.8, 4) is 11.1 Å². The van der Waals surface area contributed by atoms with E-state index in [0.717, 1.165) is 34.9 Å². The molecule has 0 fully saturated rings. The second-order valence-electron chi connectivity index (χ2n) is 6.95. The van der Waals surface area contributed by atoms with Gasteiger partial charge in [0.05, 0.1) is 0 Å². The Morgan fingerprint density at radius 1 is 1.00 bits per heavy atom. The number of hydrogen-bond donors (Lipinski definition) is 2. The first kappa shape index (κ1) is 19.2. The van der Waals surface area contributed by atoms with Gasteiger partial charge in [-0.1, -0.05) is 35.9 Å². The summed E-state index contributed by atoms with van der Waals surface area (Å²) in [6, 6.07) is 19.4. The molecule has 1 aromatic heterocycles. The molecule has 0 spiro atoms. The molecule has 0 atom stereocenters. The van der Waals surface area contributed by atoms with Crippen molar-refractivity contribution in [2.45, 2.75) is 12.8 Å². The maximum atomic E-state index is 13.5. The number of carbonyl (C=O) groups is 1. The summed E-state index contributed by atoms with van der Waals surface area (Å²) in [5.41, 5.74) is 4.36. The lowest BCUT2D eigenvalue weighted by molar-refractivity contribution is 0.0953. The highest BCUT2D eigenvalue weighted by Gasteiger charge is 2.08. The minimum Gasteiger partial charge on any atom is -0.361 e. The van der Waals surface area contributed by atoms with Crippen LogP contribution in [0.3, 0.4) is 0 Å². The summed E-state index contributed by atoms with van der Waals surface area (Å²) < 4.78 is 13.5. The monoisotopic (exact) mass is 406 g/mol. The van der Waals surface area contributed by atoms with E-state index in [9.17, 15) is 9.18 Å². The smallest absolute Gasteiger partial charge is 0.251 e. The van der Waals surface area contributed by atoms with Crippen molar-refractivity contribution >= 4 is 28.4 Å². The Kier molecular flexibility index (Phi) is 5.63. The van der Waals surface area contributed by atoms with Crippen LogP contribution < -0.4 is 5.32 Å². The standard InChI is InChI=1S/C24H20ClFN2O/c25-20-9-10-23-22(14-20)19(15-28-23)7-3-11-27-24(29)18-6-1-4-16(12-18)17-5-2-8-21(26)13-17/h1-2,4-6,8-10,12-15,28H,3,7,11H2,(H,27,29). The van der Waals surface area contributed by atoms with Gasteiger partial charge in [0, 0.05) is 34.2 Å². The van der Waals surface area contributed by atoms with Crippen LogP contribution in [0.4, 0.5) is 4.39 Å². The molecule has 5 heteroatoms. The van der Waals surface area contributed by atoms with E-state index in [2.05, 4.69) is 10.3 Å². The van der Waals surface area contributed by atoms with Crippen LogP contribution in [-0.4, -0.2) is 17.4 Å². The first-order chi connectivity index (χ1) is 14.1. The Morgan fingerprint density at radius 3 is 2.62 bits per heavy atom. The molecule has 0 aliphatic rings. The van der Waals surface area contributed by atoms with E-state index in [1.54, 1.807) is 18.2 Å². The average molecular weight is 407 g/mol. The van der Waals surface area contributed by atoms with Gasteiger partial charge in [0.1, 0.15) is 5.82 Å². The summed E-state index contributed by atoms with van der Waals surface area (Å²) in [5.74, 6) is -0.429. The van der Waals surface area contributed by atoms with Crippen molar-refractivity contribution < 1.29 is 9.18 Å². The van der Waals surface area contributed by atoms with Crippen LogP contribution >= 0.6 is 11.6 Å². The van der Waals surface area contributed by atoms with Crippen LogP contribution in [0.15, 0.2) is 72.9 Å². The molecule has 1 heterocycles. The zero-order valence-electron chi connectivity index (χ0n) is 15.7. The summed E-state index contributed by atoms with van der Waals surface area (Å²) in [7, 11) is 0. The predicted molar refractivity (Wildman–Crippen MR) is 116 cm³/mol. The van der Waals surface area contributed by atoms with Crippen LogP contribution in [0.2, 0.25) is 5.02 Å². The quantitative estimate of drug-likeness (QED) is 0.379. The van der Waals surface area contributed by atoms with Gasteiger partial charge in [0.15, 0.2) is 0 Å². The van der Waals surface area contributed by atoms with E-state index >= 15 is 0 Å². The Labute approximate surface area is 173 Å². The fourth-order valence-corrected chi connectivity index (χ4v) is 3.62. The van der Waals surface area contributed by atoms with Crippen LogP contribution in [-0.2, 0) is 6.42 Å². The molecule has 2 N–H and O–H groups in total. The highest BCUT2D eigenvalue weighted by Crippen LogP contribution is 2.23. The van der Waals surface area contributed by atoms with Crippen molar-refractivity contribution in [1.29, 1.82) is 0 Å². The van der Waals surface area contributed by atoms with E-state index in [1.165, 1.54) is 17.7 Å². The number of rotatable bonds is 6.